The first kappa shape index (κ1) is 15.7. The zero-order valence-corrected chi connectivity index (χ0v) is 13.7. The van der Waals surface area contributed by atoms with E-state index in [1.807, 2.05) is 6.20 Å². The van der Waals surface area contributed by atoms with Gasteiger partial charge in [0.1, 0.15) is 0 Å². The van der Waals surface area contributed by atoms with Crippen molar-refractivity contribution in [1.29, 1.82) is 0 Å². The van der Waals surface area contributed by atoms with Gasteiger partial charge in [-0.3, -0.25) is 4.90 Å². The van der Waals surface area contributed by atoms with Crippen LogP contribution in [0.2, 0.25) is 0 Å². The summed E-state index contributed by atoms with van der Waals surface area (Å²) in [5, 5.41) is 11.6. The standard InChI is InChI=1S/C15H27N3OS/c1-4-18(5-2)14-16-10-13(20-14)11-17(3)12-15(19)8-6-7-9-15/h10,19H,4-9,11-12H2,1-3H3. The fourth-order valence-electron chi connectivity index (χ4n) is 3.03. The number of anilines is 1. The van der Waals surface area contributed by atoms with E-state index in [-0.39, 0.29) is 0 Å². The van der Waals surface area contributed by atoms with Crippen LogP contribution in [-0.4, -0.2) is 47.3 Å². The Labute approximate surface area is 126 Å². The van der Waals surface area contributed by atoms with Gasteiger partial charge in [-0.25, -0.2) is 4.98 Å². The summed E-state index contributed by atoms with van der Waals surface area (Å²) >= 11 is 1.77. The first-order chi connectivity index (χ1) is 9.56. The number of hydrogen-bond acceptors (Lipinski definition) is 5. The fraction of sp³-hybridized carbons (Fsp3) is 0.800. The Bertz CT molecular complexity index is 411. The summed E-state index contributed by atoms with van der Waals surface area (Å²) in [4.78, 5) is 10.3. The third-order valence-electron chi connectivity index (χ3n) is 4.10. The van der Waals surface area contributed by atoms with Gasteiger partial charge in [-0.15, -0.1) is 11.3 Å². The molecule has 114 valence electrons. The highest BCUT2D eigenvalue weighted by Gasteiger charge is 2.32. The second-order valence-corrected chi connectivity index (χ2v) is 6.98. The molecule has 1 N–H and O–H groups in total. The molecule has 0 spiro atoms. The normalized spacial score (nSPS) is 17.9. The molecule has 1 aliphatic rings. The van der Waals surface area contributed by atoms with Crippen LogP contribution in [0.3, 0.4) is 0 Å². The molecule has 1 aromatic heterocycles. The van der Waals surface area contributed by atoms with Crippen LogP contribution in [0.15, 0.2) is 6.20 Å². The van der Waals surface area contributed by atoms with Crippen LogP contribution in [0.25, 0.3) is 0 Å². The predicted molar refractivity (Wildman–Crippen MR) is 85.4 cm³/mol. The van der Waals surface area contributed by atoms with Crippen molar-refractivity contribution in [3.8, 4) is 0 Å². The Hall–Kier alpha value is -0.650. The molecule has 0 bridgehead atoms. The lowest BCUT2D eigenvalue weighted by molar-refractivity contribution is 0.0147. The molecule has 0 atom stereocenters. The van der Waals surface area contributed by atoms with Crippen LogP contribution in [0, 0.1) is 0 Å². The highest BCUT2D eigenvalue weighted by Crippen LogP contribution is 2.30. The number of thiazole rings is 1. The summed E-state index contributed by atoms with van der Waals surface area (Å²) in [5.74, 6) is 0. The molecule has 1 saturated carbocycles. The summed E-state index contributed by atoms with van der Waals surface area (Å²) in [7, 11) is 2.09. The maximum atomic E-state index is 10.4. The maximum absolute atomic E-state index is 10.4. The Balaban J connectivity index is 1.89. The number of aromatic nitrogens is 1. The molecular weight excluding hydrogens is 270 g/mol. The van der Waals surface area contributed by atoms with Crippen LogP contribution in [0.1, 0.15) is 44.4 Å². The van der Waals surface area contributed by atoms with Crippen molar-refractivity contribution < 1.29 is 5.11 Å². The topological polar surface area (TPSA) is 39.6 Å². The van der Waals surface area contributed by atoms with E-state index in [1.165, 1.54) is 4.88 Å². The van der Waals surface area contributed by atoms with Crippen molar-refractivity contribution >= 4 is 16.5 Å². The van der Waals surface area contributed by atoms with Gasteiger partial charge >= 0.3 is 0 Å². The van der Waals surface area contributed by atoms with Crippen molar-refractivity contribution in [2.75, 3.05) is 31.6 Å². The summed E-state index contributed by atoms with van der Waals surface area (Å²) in [6, 6.07) is 0. The van der Waals surface area contributed by atoms with E-state index >= 15 is 0 Å². The molecule has 1 heterocycles. The van der Waals surface area contributed by atoms with Crippen molar-refractivity contribution in [1.82, 2.24) is 9.88 Å². The minimum atomic E-state index is -0.457. The Morgan fingerprint density at radius 3 is 2.55 bits per heavy atom. The molecule has 5 heteroatoms. The highest BCUT2D eigenvalue weighted by atomic mass is 32.1. The zero-order chi connectivity index (χ0) is 14.6. The first-order valence-electron chi connectivity index (χ1n) is 7.67. The molecule has 0 amide bonds. The van der Waals surface area contributed by atoms with Gasteiger partial charge in [-0.2, -0.15) is 0 Å². The zero-order valence-electron chi connectivity index (χ0n) is 12.9. The van der Waals surface area contributed by atoms with Gasteiger partial charge in [0.05, 0.1) is 5.60 Å². The minimum absolute atomic E-state index is 0.457. The molecule has 0 unspecified atom stereocenters. The van der Waals surface area contributed by atoms with Crippen molar-refractivity contribution in [3.63, 3.8) is 0 Å². The van der Waals surface area contributed by atoms with E-state index in [2.05, 4.69) is 35.7 Å². The summed E-state index contributed by atoms with van der Waals surface area (Å²) < 4.78 is 0. The summed E-state index contributed by atoms with van der Waals surface area (Å²) in [6.07, 6.45) is 6.21. The molecule has 2 rings (SSSR count). The van der Waals surface area contributed by atoms with Gasteiger partial charge < -0.3 is 10.0 Å². The number of aliphatic hydroxyl groups is 1. The van der Waals surface area contributed by atoms with Gasteiger partial charge in [0, 0.05) is 37.3 Å². The monoisotopic (exact) mass is 297 g/mol. The number of hydrogen-bond donors (Lipinski definition) is 1. The van der Waals surface area contributed by atoms with Crippen LogP contribution in [0.5, 0.6) is 0 Å². The van der Waals surface area contributed by atoms with Crippen molar-refractivity contribution in [3.05, 3.63) is 11.1 Å². The molecule has 1 fully saturated rings. The van der Waals surface area contributed by atoms with Gasteiger partial charge in [0.15, 0.2) is 5.13 Å². The summed E-state index contributed by atoms with van der Waals surface area (Å²) in [5.41, 5.74) is -0.457. The van der Waals surface area contributed by atoms with E-state index in [4.69, 9.17) is 0 Å². The third kappa shape index (κ3) is 3.93. The number of likely N-dealkylation sites (N-methyl/N-ethyl adjacent to an activating group) is 1. The minimum Gasteiger partial charge on any atom is -0.389 e. The second kappa shape index (κ2) is 6.87. The largest absolute Gasteiger partial charge is 0.389 e. The van der Waals surface area contributed by atoms with Crippen molar-refractivity contribution in [2.45, 2.75) is 51.7 Å². The van der Waals surface area contributed by atoms with Gasteiger partial charge in [0.2, 0.25) is 0 Å². The Morgan fingerprint density at radius 2 is 1.95 bits per heavy atom. The van der Waals surface area contributed by atoms with Gasteiger partial charge in [-0.05, 0) is 33.7 Å². The van der Waals surface area contributed by atoms with E-state index in [9.17, 15) is 5.11 Å². The molecule has 4 nitrogen and oxygen atoms in total. The van der Waals surface area contributed by atoms with E-state index < -0.39 is 5.60 Å². The van der Waals surface area contributed by atoms with E-state index in [1.54, 1.807) is 11.3 Å². The average Bonchev–Trinajstić information content (AvgIpc) is 3.01. The molecule has 0 aliphatic heterocycles. The second-order valence-electron chi connectivity index (χ2n) is 5.89. The lowest BCUT2D eigenvalue weighted by atomic mass is 10.0. The Morgan fingerprint density at radius 1 is 1.30 bits per heavy atom. The molecule has 1 aliphatic carbocycles. The van der Waals surface area contributed by atoms with E-state index in [0.29, 0.717) is 0 Å². The average molecular weight is 297 g/mol. The van der Waals surface area contributed by atoms with Gasteiger partial charge in [0.25, 0.3) is 0 Å². The molecule has 0 aromatic carbocycles. The lowest BCUT2D eigenvalue weighted by Crippen LogP contribution is -2.38. The van der Waals surface area contributed by atoms with Crippen LogP contribution >= 0.6 is 11.3 Å². The smallest absolute Gasteiger partial charge is 0.185 e. The molecule has 0 radical (unpaired) electrons. The highest BCUT2D eigenvalue weighted by molar-refractivity contribution is 7.15. The lowest BCUT2D eigenvalue weighted by Gasteiger charge is -2.28. The first-order valence-corrected chi connectivity index (χ1v) is 8.48. The molecule has 1 aromatic rings. The quantitative estimate of drug-likeness (QED) is 0.840. The SMILES string of the molecule is CCN(CC)c1ncc(CN(C)CC2(O)CCCC2)s1. The van der Waals surface area contributed by atoms with E-state index in [0.717, 1.165) is 57.0 Å². The third-order valence-corrected chi connectivity index (χ3v) is 5.14. The Kier molecular flexibility index (Phi) is 5.41. The maximum Gasteiger partial charge on any atom is 0.185 e. The summed E-state index contributed by atoms with van der Waals surface area (Å²) in [6.45, 7) is 7.96. The fourth-order valence-corrected chi connectivity index (χ4v) is 4.14. The predicted octanol–water partition coefficient (Wildman–Crippen LogP) is 2.73. The van der Waals surface area contributed by atoms with Crippen LogP contribution < -0.4 is 4.90 Å². The number of nitrogens with zero attached hydrogens (tertiary/aromatic N) is 3. The molecule has 20 heavy (non-hydrogen) atoms. The van der Waals surface area contributed by atoms with Gasteiger partial charge in [-0.1, -0.05) is 12.8 Å². The van der Waals surface area contributed by atoms with Crippen LogP contribution in [0.4, 0.5) is 5.13 Å². The molecular formula is C15H27N3OS. The molecule has 0 saturated heterocycles. The van der Waals surface area contributed by atoms with Crippen molar-refractivity contribution in [2.24, 2.45) is 0 Å². The number of rotatable bonds is 7. The van der Waals surface area contributed by atoms with Crippen LogP contribution in [-0.2, 0) is 6.54 Å².